The van der Waals surface area contributed by atoms with Crippen LogP contribution < -0.4 is 0 Å². The van der Waals surface area contributed by atoms with Gasteiger partial charge >= 0.3 is 0 Å². The average molecular weight is 229 g/mol. The van der Waals surface area contributed by atoms with Gasteiger partial charge in [0.2, 0.25) is 0 Å². The zero-order valence-corrected chi connectivity index (χ0v) is 10.4. The molecule has 90 valence electrons. The number of hydrogen-bond acceptors (Lipinski definition) is 2. The Morgan fingerprint density at radius 2 is 1.94 bits per heavy atom. The van der Waals surface area contributed by atoms with Crippen LogP contribution in [-0.2, 0) is 6.54 Å². The standard InChI is InChI=1S/C15H19NO/c1-12-5-6-13-10-14(17-15(13)9-12)11-16-7-3-2-4-8-16/h5-6,9-10H,2-4,7-8,11H2,1H3. The number of aryl methyl sites for hydroxylation is 1. The summed E-state index contributed by atoms with van der Waals surface area (Å²) in [6, 6.07) is 8.59. The molecule has 1 aromatic carbocycles. The maximum absolute atomic E-state index is 5.91. The van der Waals surface area contributed by atoms with Crippen molar-refractivity contribution in [3.05, 3.63) is 35.6 Å². The zero-order valence-electron chi connectivity index (χ0n) is 10.4. The fourth-order valence-corrected chi connectivity index (χ4v) is 2.61. The van der Waals surface area contributed by atoms with E-state index in [1.807, 2.05) is 0 Å². The highest BCUT2D eigenvalue weighted by Crippen LogP contribution is 2.22. The second-order valence-electron chi connectivity index (χ2n) is 5.09. The van der Waals surface area contributed by atoms with Gasteiger partial charge in [0, 0.05) is 5.39 Å². The summed E-state index contributed by atoms with van der Waals surface area (Å²) < 4.78 is 5.91. The summed E-state index contributed by atoms with van der Waals surface area (Å²) in [6.07, 6.45) is 4.05. The highest BCUT2D eigenvalue weighted by atomic mass is 16.3. The third-order valence-electron chi connectivity index (χ3n) is 3.55. The molecule has 0 bridgehead atoms. The predicted molar refractivity (Wildman–Crippen MR) is 70.1 cm³/mol. The van der Waals surface area contributed by atoms with Crippen molar-refractivity contribution >= 4 is 11.0 Å². The lowest BCUT2D eigenvalue weighted by Gasteiger charge is -2.25. The minimum absolute atomic E-state index is 0.966. The zero-order chi connectivity index (χ0) is 11.7. The molecule has 1 aliphatic rings. The smallest absolute Gasteiger partial charge is 0.134 e. The summed E-state index contributed by atoms with van der Waals surface area (Å²) in [4.78, 5) is 2.49. The Morgan fingerprint density at radius 3 is 2.76 bits per heavy atom. The Labute approximate surface area is 102 Å². The molecule has 0 saturated carbocycles. The number of furan rings is 1. The van der Waals surface area contributed by atoms with Crippen LogP contribution in [-0.4, -0.2) is 18.0 Å². The summed E-state index contributed by atoms with van der Waals surface area (Å²) in [5.41, 5.74) is 2.29. The van der Waals surface area contributed by atoms with Crippen molar-refractivity contribution in [1.82, 2.24) is 4.90 Å². The first kappa shape index (κ1) is 10.8. The molecule has 3 rings (SSSR count). The molecule has 2 heterocycles. The van der Waals surface area contributed by atoms with Crippen LogP contribution in [0.5, 0.6) is 0 Å². The summed E-state index contributed by atoms with van der Waals surface area (Å²) >= 11 is 0. The normalized spacial score (nSPS) is 17.7. The number of hydrogen-bond donors (Lipinski definition) is 0. The van der Waals surface area contributed by atoms with Gasteiger partial charge in [0.1, 0.15) is 11.3 Å². The molecule has 17 heavy (non-hydrogen) atoms. The summed E-state index contributed by atoms with van der Waals surface area (Å²) in [7, 11) is 0. The Kier molecular flexibility index (Phi) is 2.89. The Bertz CT molecular complexity index is 509. The van der Waals surface area contributed by atoms with Gasteiger partial charge in [-0.1, -0.05) is 18.6 Å². The molecule has 1 aromatic heterocycles. The second kappa shape index (κ2) is 4.53. The topological polar surface area (TPSA) is 16.4 Å². The number of fused-ring (bicyclic) bond motifs is 1. The van der Waals surface area contributed by atoms with Gasteiger partial charge in [-0.25, -0.2) is 0 Å². The monoisotopic (exact) mass is 229 g/mol. The molecule has 0 spiro atoms. The minimum Gasteiger partial charge on any atom is -0.460 e. The summed E-state index contributed by atoms with van der Waals surface area (Å²) in [6.45, 7) is 5.51. The van der Waals surface area contributed by atoms with Crippen molar-refractivity contribution in [2.24, 2.45) is 0 Å². The van der Waals surface area contributed by atoms with Gasteiger partial charge in [-0.05, 0) is 50.6 Å². The molecular weight excluding hydrogens is 210 g/mol. The largest absolute Gasteiger partial charge is 0.460 e. The van der Waals surface area contributed by atoms with Crippen LogP contribution in [0, 0.1) is 6.92 Å². The van der Waals surface area contributed by atoms with Gasteiger partial charge in [-0.15, -0.1) is 0 Å². The van der Waals surface area contributed by atoms with Gasteiger partial charge < -0.3 is 4.42 Å². The van der Waals surface area contributed by atoms with E-state index in [-0.39, 0.29) is 0 Å². The van der Waals surface area contributed by atoms with Crippen molar-refractivity contribution in [1.29, 1.82) is 0 Å². The van der Waals surface area contributed by atoms with E-state index in [1.165, 1.54) is 43.3 Å². The lowest BCUT2D eigenvalue weighted by Crippen LogP contribution is -2.28. The maximum atomic E-state index is 5.91. The lowest BCUT2D eigenvalue weighted by atomic mass is 10.1. The molecule has 0 radical (unpaired) electrons. The Hall–Kier alpha value is -1.28. The highest BCUT2D eigenvalue weighted by molar-refractivity contribution is 5.78. The maximum Gasteiger partial charge on any atom is 0.134 e. The molecule has 2 heteroatoms. The van der Waals surface area contributed by atoms with E-state index in [0.29, 0.717) is 0 Å². The van der Waals surface area contributed by atoms with Crippen LogP contribution in [0.25, 0.3) is 11.0 Å². The molecule has 2 aromatic rings. The molecule has 2 nitrogen and oxygen atoms in total. The molecule has 1 saturated heterocycles. The number of likely N-dealkylation sites (tertiary alicyclic amines) is 1. The van der Waals surface area contributed by atoms with Gasteiger partial charge in [0.15, 0.2) is 0 Å². The molecule has 0 aliphatic carbocycles. The molecule has 0 N–H and O–H groups in total. The van der Waals surface area contributed by atoms with Gasteiger partial charge in [-0.2, -0.15) is 0 Å². The van der Waals surface area contributed by atoms with Crippen LogP contribution in [0.3, 0.4) is 0 Å². The van der Waals surface area contributed by atoms with Crippen LogP contribution in [0.1, 0.15) is 30.6 Å². The fraction of sp³-hybridized carbons (Fsp3) is 0.467. The van der Waals surface area contributed by atoms with E-state index in [4.69, 9.17) is 4.42 Å². The number of benzene rings is 1. The van der Waals surface area contributed by atoms with Crippen LogP contribution >= 0.6 is 0 Å². The third-order valence-corrected chi connectivity index (χ3v) is 3.55. The first-order valence-corrected chi connectivity index (χ1v) is 6.53. The van der Waals surface area contributed by atoms with Crippen molar-refractivity contribution in [2.45, 2.75) is 32.7 Å². The third kappa shape index (κ3) is 2.37. The van der Waals surface area contributed by atoms with E-state index in [1.54, 1.807) is 0 Å². The first-order chi connectivity index (χ1) is 8.31. The lowest BCUT2D eigenvalue weighted by molar-refractivity contribution is 0.207. The van der Waals surface area contributed by atoms with Crippen LogP contribution in [0.2, 0.25) is 0 Å². The van der Waals surface area contributed by atoms with Gasteiger partial charge in [-0.3, -0.25) is 4.90 Å². The van der Waals surface area contributed by atoms with Crippen molar-refractivity contribution in [3.63, 3.8) is 0 Å². The highest BCUT2D eigenvalue weighted by Gasteiger charge is 2.12. The van der Waals surface area contributed by atoms with E-state index < -0.39 is 0 Å². The number of piperidine rings is 1. The van der Waals surface area contributed by atoms with Gasteiger partial charge in [0.05, 0.1) is 6.54 Å². The van der Waals surface area contributed by atoms with Crippen LogP contribution in [0.15, 0.2) is 28.7 Å². The van der Waals surface area contributed by atoms with E-state index >= 15 is 0 Å². The van der Waals surface area contributed by atoms with Crippen molar-refractivity contribution in [3.8, 4) is 0 Å². The average Bonchev–Trinajstić information content (AvgIpc) is 2.71. The van der Waals surface area contributed by atoms with E-state index in [2.05, 4.69) is 36.1 Å². The first-order valence-electron chi connectivity index (χ1n) is 6.53. The number of nitrogens with zero attached hydrogens (tertiary/aromatic N) is 1. The molecular formula is C15H19NO. The molecule has 0 atom stereocenters. The predicted octanol–water partition coefficient (Wildman–Crippen LogP) is 3.73. The minimum atomic E-state index is 0.966. The molecule has 1 aliphatic heterocycles. The Morgan fingerprint density at radius 1 is 1.12 bits per heavy atom. The number of rotatable bonds is 2. The molecule has 0 unspecified atom stereocenters. The summed E-state index contributed by atoms with van der Waals surface area (Å²) in [5.74, 6) is 1.10. The van der Waals surface area contributed by atoms with E-state index in [9.17, 15) is 0 Å². The Balaban J connectivity index is 1.80. The van der Waals surface area contributed by atoms with Crippen molar-refractivity contribution in [2.75, 3.05) is 13.1 Å². The fourth-order valence-electron chi connectivity index (χ4n) is 2.61. The quantitative estimate of drug-likeness (QED) is 0.780. The van der Waals surface area contributed by atoms with Crippen molar-refractivity contribution < 1.29 is 4.42 Å². The second-order valence-corrected chi connectivity index (χ2v) is 5.09. The molecule has 1 fully saturated rings. The van der Waals surface area contributed by atoms with E-state index in [0.717, 1.165) is 17.9 Å². The molecule has 0 amide bonds. The van der Waals surface area contributed by atoms with Gasteiger partial charge in [0.25, 0.3) is 0 Å². The summed E-state index contributed by atoms with van der Waals surface area (Å²) in [5, 5.41) is 1.22. The van der Waals surface area contributed by atoms with Crippen LogP contribution in [0.4, 0.5) is 0 Å². The SMILES string of the molecule is Cc1ccc2cc(CN3CCCCC3)oc2c1.